The highest BCUT2D eigenvalue weighted by Crippen LogP contribution is 2.32. The van der Waals surface area contributed by atoms with Crippen LogP contribution in [0.2, 0.25) is 0 Å². The predicted molar refractivity (Wildman–Crippen MR) is 148 cm³/mol. The first-order valence-electron chi connectivity index (χ1n) is 12.8. The molecule has 0 aliphatic rings. The molecule has 0 saturated carbocycles. The van der Waals surface area contributed by atoms with Crippen LogP contribution in [0.1, 0.15) is 42.4 Å². The Balaban J connectivity index is 1.54. The molecule has 3 aromatic carbocycles. The molecule has 40 heavy (non-hydrogen) atoms. The van der Waals surface area contributed by atoms with E-state index < -0.39 is 35.7 Å². The maximum absolute atomic E-state index is 13.9. The maximum Gasteiger partial charge on any atom is 0.309 e. The van der Waals surface area contributed by atoms with Gasteiger partial charge in [0.1, 0.15) is 17.7 Å². The van der Waals surface area contributed by atoms with Crippen LogP contribution < -0.4 is 9.47 Å². The first-order chi connectivity index (χ1) is 19.3. The number of benzene rings is 3. The van der Waals surface area contributed by atoms with Crippen LogP contribution >= 0.6 is 0 Å². The average Bonchev–Trinajstić information content (AvgIpc) is 2.96. The van der Waals surface area contributed by atoms with Crippen molar-refractivity contribution in [3.05, 3.63) is 108 Å². The molecule has 0 saturated heterocycles. The number of Topliss-reactive ketones (excluding diaryl/α,β-unsaturated/α-hetero) is 1. The number of ether oxygens (including phenoxy) is 3. The largest absolute Gasteiger partial charge is 0.503 e. The topological polar surface area (TPSA) is 95.0 Å². The minimum Gasteiger partial charge on any atom is -0.503 e. The minimum atomic E-state index is -0.840. The summed E-state index contributed by atoms with van der Waals surface area (Å²) < 4.78 is 30.9. The molecule has 1 N–H and O–H groups in total. The van der Waals surface area contributed by atoms with E-state index in [1.807, 2.05) is 54.6 Å². The first-order valence-corrected chi connectivity index (χ1v) is 12.8. The molecule has 1 heterocycles. The molecule has 0 radical (unpaired) electrons. The Kier molecular flexibility index (Phi) is 9.11. The molecular formula is C32H30FNO6. The third kappa shape index (κ3) is 6.83. The van der Waals surface area contributed by atoms with Gasteiger partial charge in [0, 0.05) is 24.8 Å². The van der Waals surface area contributed by atoms with E-state index in [1.54, 1.807) is 19.9 Å². The second-order valence-corrected chi connectivity index (χ2v) is 9.37. The lowest BCUT2D eigenvalue weighted by molar-refractivity contribution is -0.157. The van der Waals surface area contributed by atoms with Gasteiger partial charge in [0.2, 0.25) is 0 Å². The summed E-state index contributed by atoms with van der Waals surface area (Å²) in [5, 5.41) is 10.3. The number of carbonyl (C=O) groups excluding carboxylic acids is 2. The fraction of sp³-hybridized carbons (Fsp3) is 0.219. The number of pyridine rings is 1. The molecule has 4 rings (SSSR count). The Labute approximate surface area is 232 Å². The number of hydrogen-bond acceptors (Lipinski definition) is 7. The quantitative estimate of drug-likeness (QED) is 0.169. The van der Waals surface area contributed by atoms with Crippen molar-refractivity contribution in [2.24, 2.45) is 5.92 Å². The monoisotopic (exact) mass is 543 g/mol. The van der Waals surface area contributed by atoms with Gasteiger partial charge >= 0.3 is 5.97 Å². The van der Waals surface area contributed by atoms with Gasteiger partial charge in [-0.25, -0.2) is 9.37 Å². The Hall–Kier alpha value is -4.72. The van der Waals surface area contributed by atoms with E-state index in [2.05, 4.69) is 4.98 Å². The van der Waals surface area contributed by atoms with Gasteiger partial charge in [0.25, 0.3) is 0 Å². The zero-order chi connectivity index (χ0) is 28.6. The molecule has 1 aromatic heterocycles. The molecule has 206 valence electrons. The molecule has 0 amide bonds. The summed E-state index contributed by atoms with van der Waals surface area (Å²) in [7, 11) is 1.36. The van der Waals surface area contributed by atoms with Gasteiger partial charge < -0.3 is 19.3 Å². The zero-order valence-corrected chi connectivity index (χ0v) is 22.4. The number of rotatable bonds is 11. The lowest BCUT2D eigenvalue weighted by Crippen LogP contribution is -2.30. The lowest BCUT2D eigenvalue weighted by atomic mass is 9.98. The first kappa shape index (κ1) is 28.3. The van der Waals surface area contributed by atoms with E-state index in [9.17, 15) is 19.1 Å². The van der Waals surface area contributed by atoms with E-state index in [1.165, 1.54) is 37.6 Å². The number of aromatic nitrogens is 1. The highest BCUT2D eigenvalue weighted by molar-refractivity contribution is 5.99. The lowest BCUT2D eigenvalue weighted by Gasteiger charge is -2.27. The van der Waals surface area contributed by atoms with Crippen molar-refractivity contribution in [2.45, 2.75) is 32.5 Å². The zero-order valence-electron chi connectivity index (χ0n) is 22.4. The van der Waals surface area contributed by atoms with E-state index in [0.717, 1.165) is 16.7 Å². The summed E-state index contributed by atoms with van der Waals surface area (Å²) in [5.41, 5.74) is 2.48. The second kappa shape index (κ2) is 12.9. The van der Waals surface area contributed by atoms with Crippen LogP contribution in [0, 0.1) is 11.7 Å². The molecule has 7 nitrogen and oxygen atoms in total. The number of carbonyl (C=O) groups is 2. The van der Waals surface area contributed by atoms with Gasteiger partial charge in [0.15, 0.2) is 29.1 Å². The Morgan fingerprint density at radius 3 is 2.38 bits per heavy atom. The molecule has 0 spiro atoms. The van der Waals surface area contributed by atoms with Gasteiger partial charge in [0.05, 0.1) is 13.0 Å². The minimum absolute atomic E-state index is 0.109. The third-order valence-electron chi connectivity index (χ3n) is 6.38. The van der Waals surface area contributed by atoms with Gasteiger partial charge in [-0.15, -0.1) is 0 Å². The molecule has 0 bridgehead atoms. The number of esters is 1. The molecule has 0 aliphatic carbocycles. The number of halogens is 1. The number of ketones is 1. The van der Waals surface area contributed by atoms with Crippen molar-refractivity contribution < 1.29 is 33.3 Å². The van der Waals surface area contributed by atoms with Crippen LogP contribution in [0.15, 0.2) is 91.1 Å². The highest BCUT2D eigenvalue weighted by atomic mass is 19.1. The smallest absolute Gasteiger partial charge is 0.309 e. The van der Waals surface area contributed by atoms with E-state index in [4.69, 9.17) is 14.2 Å². The van der Waals surface area contributed by atoms with E-state index in [0.29, 0.717) is 0 Å². The van der Waals surface area contributed by atoms with Crippen LogP contribution in [-0.2, 0) is 9.53 Å². The third-order valence-corrected chi connectivity index (χ3v) is 6.38. The molecule has 8 heteroatoms. The summed E-state index contributed by atoms with van der Waals surface area (Å²) in [6.07, 6.45) is -0.475. The van der Waals surface area contributed by atoms with Gasteiger partial charge in [-0.1, -0.05) is 61.5 Å². The summed E-state index contributed by atoms with van der Waals surface area (Å²) >= 11 is 0. The molecule has 0 fully saturated rings. The summed E-state index contributed by atoms with van der Waals surface area (Å²) in [4.78, 5) is 29.8. The summed E-state index contributed by atoms with van der Waals surface area (Å²) in [6, 6.07) is 24.6. The Bertz CT molecular complexity index is 1480. The number of aromatic hydroxyl groups is 1. The normalized spacial score (nSPS) is 13.1. The van der Waals surface area contributed by atoms with Gasteiger partial charge in [-0.05, 0) is 41.8 Å². The maximum atomic E-state index is 13.9. The van der Waals surface area contributed by atoms with Crippen molar-refractivity contribution in [3.8, 4) is 28.4 Å². The van der Waals surface area contributed by atoms with Crippen molar-refractivity contribution in [1.82, 2.24) is 4.98 Å². The van der Waals surface area contributed by atoms with Crippen LogP contribution in [0.5, 0.6) is 17.2 Å². The fourth-order valence-corrected chi connectivity index (χ4v) is 4.27. The Morgan fingerprint density at radius 2 is 1.65 bits per heavy atom. The molecule has 0 unspecified atom stereocenters. The average molecular weight is 544 g/mol. The van der Waals surface area contributed by atoms with Crippen molar-refractivity contribution in [3.63, 3.8) is 0 Å². The molecule has 3 atom stereocenters. The fourth-order valence-electron chi connectivity index (χ4n) is 4.27. The predicted octanol–water partition coefficient (Wildman–Crippen LogP) is 6.56. The van der Waals surface area contributed by atoms with Crippen molar-refractivity contribution in [2.75, 3.05) is 7.11 Å². The standard InChI is InChI=1S/C32H30FNO6/c1-20(17-27(35)29-30(36)28(38-3)15-16-34-29)32(37)39-21(2)31(40-26-14-8-13-25(33)19-26)24-12-7-11-23(18-24)22-9-5-4-6-10-22/h4-16,18-21,31,36H,17H2,1-3H3/t20-,21+,31+/m1/s1. The number of methoxy groups -OCH3 is 1. The number of nitrogens with zero attached hydrogens (tertiary/aromatic N) is 1. The van der Waals surface area contributed by atoms with E-state index in [-0.39, 0.29) is 29.4 Å². The van der Waals surface area contributed by atoms with E-state index >= 15 is 0 Å². The van der Waals surface area contributed by atoms with Crippen LogP contribution in [0.4, 0.5) is 4.39 Å². The Morgan fingerprint density at radius 1 is 0.925 bits per heavy atom. The molecule has 4 aromatic rings. The van der Waals surface area contributed by atoms with Crippen LogP contribution in [0.25, 0.3) is 11.1 Å². The van der Waals surface area contributed by atoms with Gasteiger partial charge in [-0.3, -0.25) is 9.59 Å². The van der Waals surface area contributed by atoms with Crippen molar-refractivity contribution >= 4 is 11.8 Å². The summed E-state index contributed by atoms with van der Waals surface area (Å²) in [6.45, 7) is 3.24. The van der Waals surface area contributed by atoms with Gasteiger partial charge in [-0.2, -0.15) is 0 Å². The van der Waals surface area contributed by atoms with Crippen LogP contribution in [0.3, 0.4) is 0 Å². The number of hydrogen-bond donors (Lipinski definition) is 1. The SMILES string of the molecule is COc1ccnc(C(=O)C[C@@H](C)C(=O)O[C@@H](C)[C@H](Oc2cccc(F)c2)c2cccc(-c3ccccc3)c2)c1O. The van der Waals surface area contributed by atoms with Crippen LogP contribution in [-0.4, -0.2) is 35.1 Å². The molecular weight excluding hydrogens is 513 g/mol. The second-order valence-electron chi connectivity index (χ2n) is 9.37. The highest BCUT2D eigenvalue weighted by Gasteiger charge is 2.29. The summed E-state index contributed by atoms with van der Waals surface area (Å²) in [5.74, 6) is -2.45. The molecule has 0 aliphatic heterocycles. The van der Waals surface area contributed by atoms with Crippen molar-refractivity contribution in [1.29, 1.82) is 0 Å².